The average Bonchev–Trinajstić information content (AvgIpc) is 3.26. The molecule has 0 aliphatic heterocycles. The molecule has 0 radical (unpaired) electrons. The van der Waals surface area contributed by atoms with E-state index in [9.17, 15) is 9.90 Å². The first-order valence-corrected chi connectivity index (χ1v) is 9.20. The molecule has 130 valence electrons. The van der Waals surface area contributed by atoms with Gasteiger partial charge in [0.15, 0.2) is 5.69 Å². The van der Waals surface area contributed by atoms with Crippen LogP contribution in [0.25, 0.3) is 27.3 Å². The molecule has 0 saturated carbocycles. The molecule has 0 atom stereocenters. The Bertz CT molecular complexity index is 1090. The highest BCUT2D eigenvalue weighted by molar-refractivity contribution is 7.12. The molecule has 26 heavy (non-hydrogen) atoms. The van der Waals surface area contributed by atoms with E-state index < -0.39 is 5.97 Å². The van der Waals surface area contributed by atoms with E-state index in [1.807, 2.05) is 23.6 Å². The van der Waals surface area contributed by atoms with Gasteiger partial charge in [0, 0.05) is 16.3 Å². The first-order valence-electron chi connectivity index (χ1n) is 8.32. The van der Waals surface area contributed by atoms with Crippen molar-refractivity contribution in [1.29, 1.82) is 0 Å². The number of carbonyl (C=O) groups is 1. The number of aromatic carboxylic acids is 1. The number of carboxylic acid groups (broad SMARTS) is 1. The number of nitrogens with zero attached hydrogens (tertiary/aromatic N) is 3. The summed E-state index contributed by atoms with van der Waals surface area (Å²) in [5.74, 6) is -0.555. The second-order valence-corrected chi connectivity index (χ2v) is 7.21. The molecule has 0 bridgehead atoms. The summed E-state index contributed by atoms with van der Waals surface area (Å²) in [4.78, 5) is 16.2. The van der Waals surface area contributed by atoms with Crippen LogP contribution in [0.4, 0.5) is 0 Å². The lowest BCUT2D eigenvalue weighted by Gasteiger charge is -2.05. The van der Waals surface area contributed by atoms with Crippen LogP contribution in [0.5, 0.6) is 0 Å². The van der Waals surface area contributed by atoms with E-state index in [4.69, 9.17) is 0 Å². The first kappa shape index (κ1) is 16.5. The highest BCUT2D eigenvalue weighted by atomic mass is 32.1. The van der Waals surface area contributed by atoms with Gasteiger partial charge in [-0.2, -0.15) is 5.10 Å². The molecule has 6 heteroatoms. The maximum Gasteiger partial charge on any atom is 0.357 e. The molecule has 0 amide bonds. The zero-order chi connectivity index (χ0) is 18.3. The number of carboxylic acids is 1. The second kappa shape index (κ2) is 6.38. The van der Waals surface area contributed by atoms with Crippen molar-refractivity contribution in [2.75, 3.05) is 0 Å². The van der Waals surface area contributed by atoms with Crippen LogP contribution >= 0.6 is 11.3 Å². The van der Waals surface area contributed by atoms with Crippen LogP contribution in [-0.4, -0.2) is 25.8 Å². The number of benzene rings is 2. The van der Waals surface area contributed by atoms with E-state index in [1.165, 1.54) is 16.9 Å². The van der Waals surface area contributed by atoms with Crippen molar-refractivity contribution in [2.24, 2.45) is 0 Å². The van der Waals surface area contributed by atoms with E-state index in [1.54, 1.807) is 10.7 Å². The number of fused-ring (bicyclic) bond motifs is 1. The molecular formula is C20H17N3O2S. The van der Waals surface area contributed by atoms with Crippen LogP contribution in [0.3, 0.4) is 0 Å². The van der Waals surface area contributed by atoms with Gasteiger partial charge in [-0.1, -0.05) is 56.3 Å². The number of para-hydroxylation sites is 1. The van der Waals surface area contributed by atoms with E-state index in [0.717, 1.165) is 16.8 Å². The van der Waals surface area contributed by atoms with Crippen LogP contribution < -0.4 is 0 Å². The van der Waals surface area contributed by atoms with Crippen LogP contribution in [0.2, 0.25) is 0 Å². The fourth-order valence-electron chi connectivity index (χ4n) is 2.90. The topological polar surface area (TPSA) is 68.0 Å². The van der Waals surface area contributed by atoms with E-state index in [-0.39, 0.29) is 5.69 Å². The zero-order valence-electron chi connectivity index (χ0n) is 14.4. The lowest BCUT2D eigenvalue weighted by atomic mass is 10.0. The SMILES string of the molecule is CC(C)c1ccc(-c2csc(-n3nc(C(=O)O)c4ccccc43)n2)cc1. The minimum absolute atomic E-state index is 0.0404. The highest BCUT2D eigenvalue weighted by Gasteiger charge is 2.18. The monoisotopic (exact) mass is 363 g/mol. The van der Waals surface area contributed by atoms with Gasteiger partial charge in [-0.3, -0.25) is 0 Å². The fourth-order valence-corrected chi connectivity index (χ4v) is 3.70. The first-order chi connectivity index (χ1) is 12.5. The average molecular weight is 363 g/mol. The maximum atomic E-state index is 11.5. The molecule has 5 nitrogen and oxygen atoms in total. The fraction of sp³-hybridized carbons (Fsp3) is 0.150. The predicted octanol–water partition coefficient (Wildman–Crippen LogP) is 4.97. The lowest BCUT2D eigenvalue weighted by molar-refractivity contribution is 0.0692. The summed E-state index contributed by atoms with van der Waals surface area (Å²) >= 11 is 1.44. The minimum Gasteiger partial charge on any atom is -0.476 e. The van der Waals surface area contributed by atoms with Gasteiger partial charge in [0.25, 0.3) is 0 Å². The molecule has 2 aromatic carbocycles. The molecule has 2 aromatic heterocycles. The molecule has 0 aliphatic carbocycles. The Morgan fingerprint density at radius 3 is 2.54 bits per heavy atom. The molecule has 0 aliphatic rings. The Labute approximate surface area is 154 Å². The molecule has 0 saturated heterocycles. The number of thiazole rings is 1. The Morgan fingerprint density at radius 2 is 1.85 bits per heavy atom. The van der Waals surface area contributed by atoms with E-state index in [2.05, 4.69) is 48.2 Å². The van der Waals surface area contributed by atoms with Crippen LogP contribution in [0.1, 0.15) is 35.8 Å². The second-order valence-electron chi connectivity index (χ2n) is 6.37. The molecule has 0 unspecified atom stereocenters. The van der Waals surface area contributed by atoms with Crippen molar-refractivity contribution in [3.63, 3.8) is 0 Å². The summed E-state index contributed by atoms with van der Waals surface area (Å²) < 4.78 is 1.61. The summed E-state index contributed by atoms with van der Waals surface area (Å²) in [6.45, 7) is 4.33. The van der Waals surface area contributed by atoms with Crippen molar-refractivity contribution in [3.05, 3.63) is 65.2 Å². The summed E-state index contributed by atoms with van der Waals surface area (Å²) in [6.07, 6.45) is 0. The molecule has 2 heterocycles. The summed E-state index contributed by atoms with van der Waals surface area (Å²) in [6, 6.07) is 15.7. The van der Waals surface area contributed by atoms with Gasteiger partial charge >= 0.3 is 5.97 Å². The van der Waals surface area contributed by atoms with Gasteiger partial charge in [0.2, 0.25) is 5.13 Å². The summed E-state index contributed by atoms with van der Waals surface area (Å²) in [5.41, 5.74) is 3.96. The van der Waals surface area contributed by atoms with Gasteiger partial charge in [-0.25, -0.2) is 14.5 Å². The quantitative estimate of drug-likeness (QED) is 0.556. The zero-order valence-corrected chi connectivity index (χ0v) is 15.2. The lowest BCUT2D eigenvalue weighted by Crippen LogP contribution is -2.01. The summed E-state index contributed by atoms with van der Waals surface area (Å²) in [5, 5.41) is 16.9. The molecule has 4 rings (SSSR count). The van der Waals surface area contributed by atoms with Gasteiger partial charge in [-0.05, 0) is 17.5 Å². The van der Waals surface area contributed by atoms with Gasteiger partial charge in [0.1, 0.15) is 0 Å². The maximum absolute atomic E-state index is 11.5. The smallest absolute Gasteiger partial charge is 0.357 e. The van der Waals surface area contributed by atoms with Crippen molar-refractivity contribution in [1.82, 2.24) is 14.8 Å². The number of hydrogen-bond acceptors (Lipinski definition) is 4. The summed E-state index contributed by atoms with van der Waals surface area (Å²) in [7, 11) is 0. The third-order valence-electron chi connectivity index (χ3n) is 4.34. The van der Waals surface area contributed by atoms with Crippen molar-refractivity contribution < 1.29 is 9.90 Å². The Morgan fingerprint density at radius 1 is 1.12 bits per heavy atom. The normalized spacial score (nSPS) is 11.3. The van der Waals surface area contributed by atoms with Crippen molar-refractivity contribution in [2.45, 2.75) is 19.8 Å². The van der Waals surface area contributed by atoms with Gasteiger partial charge < -0.3 is 5.11 Å². The van der Waals surface area contributed by atoms with Gasteiger partial charge in [0.05, 0.1) is 11.2 Å². The number of aromatic nitrogens is 3. The molecular weight excluding hydrogens is 346 g/mol. The Hall–Kier alpha value is -2.99. The molecule has 0 spiro atoms. The van der Waals surface area contributed by atoms with Crippen molar-refractivity contribution >= 4 is 28.2 Å². The van der Waals surface area contributed by atoms with Gasteiger partial charge in [-0.15, -0.1) is 11.3 Å². The van der Waals surface area contributed by atoms with E-state index >= 15 is 0 Å². The van der Waals surface area contributed by atoms with E-state index in [0.29, 0.717) is 16.4 Å². The Kier molecular flexibility index (Phi) is 4.05. The predicted molar refractivity (Wildman–Crippen MR) is 103 cm³/mol. The third kappa shape index (κ3) is 2.78. The van der Waals surface area contributed by atoms with Crippen LogP contribution in [0.15, 0.2) is 53.9 Å². The standard InChI is InChI=1S/C20H17N3O2S/c1-12(2)13-7-9-14(10-8-13)16-11-26-20(21-16)23-17-6-4-3-5-15(17)18(22-23)19(24)25/h3-12H,1-2H3,(H,24,25). The Balaban J connectivity index is 1.77. The number of hydrogen-bond donors (Lipinski definition) is 1. The largest absolute Gasteiger partial charge is 0.476 e. The van der Waals surface area contributed by atoms with Crippen LogP contribution in [-0.2, 0) is 0 Å². The van der Waals surface area contributed by atoms with Crippen molar-refractivity contribution in [3.8, 4) is 16.4 Å². The third-order valence-corrected chi connectivity index (χ3v) is 5.15. The molecule has 4 aromatic rings. The highest BCUT2D eigenvalue weighted by Crippen LogP contribution is 2.28. The number of rotatable bonds is 4. The molecule has 1 N–H and O–H groups in total. The minimum atomic E-state index is -1.04. The molecule has 0 fully saturated rings. The van der Waals surface area contributed by atoms with Crippen LogP contribution in [0, 0.1) is 0 Å².